The minimum absolute atomic E-state index is 0.0422. The van der Waals surface area contributed by atoms with Crippen molar-refractivity contribution in [1.82, 2.24) is 15.2 Å². The van der Waals surface area contributed by atoms with Crippen molar-refractivity contribution >= 4 is 5.91 Å². The van der Waals surface area contributed by atoms with Gasteiger partial charge in [-0.25, -0.2) is 0 Å². The minimum atomic E-state index is -0.260. The molecule has 2 aliphatic carbocycles. The van der Waals surface area contributed by atoms with Crippen molar-refractivity contribution in [2.45, 2.75) is 84.2 Å². The van der Waals surface area contributed by atoms with E-state index in [2.05, 4.69) is 68.0 Å². The van der Waals surface area contributed by atoms with Crippen molar-refractivity contribution in [2.24, 2.45) is 23.2 Å². The van der Waals surface area contributed by atoms with Gasteiger partial charge in [-0.05, 0) is 105 Å². The molecule has 0 spiro atoms. The molecule has 1 aromatic heterocycles. The summed E-state index contributed by atoms with van der Waals surface area (Å²) in [6, 6.07) is 11.8. The fourth-order valence-corrected chi connectivity index (χ4v) is 8.54. The number of benzene rings is 1. The van der Waals surface area contributed by atoms with E-state index in [-0.39, 0.29) is 34.3 Å². The molecule has 0 bridgehead atoms. The number of hydrogen-bond acceptors (Lipinski definition) is 4. The Hall–Kier alpha value is -2.60. The second kappa shape index (κ2) is 10.2. The topological polar surface area (TPSA) is 74.4 Å². The van der Waals surface area contributed by atoms with Gasteiger partial charge in [0.05, 0.1) is 7.11 Å². The van der Waals surface area contributed by atoms with Gasteiger partial charge in [0.15, 0.2) is 0 Å². The van der Waals surface area contributed by atoms with Crippen LogP contribution in [0.5, 0.6) is 5.75 Å². The van der Waals surface area contributed by atoms with E-state index in [1.54, 1.807) is 19.2 Å². The Labute approximate surface area is 227 Å². The number of piperidine rings is 1. The molecule has 1 aromatic carbocycles. The Morgan fingerprint density at radius 2 is 2.00 bits per heavy atom. The number of nitrogens with one attached hydrogen (secondary N) is 2. The molecule has 5 rings (SSSR count). The molecule has 0 radical (unpaired) electrons. The van der Waals surface area contributed by atoms with E-state index >= 15 is 0 Å². The Kier molecular flexibility index (Phi) is 7.23. The smallest absolute Gasteiger partial charge is 0.268 e. The molecule has 206 valence electrons. The molecule has 1 amide bonds. The van der Waals surface area contributed by atoms with Gasteiger partial charge in [0.1, 0.15) is 11.4 Å². The summed E-state index contributed by atoms with van der Waals surface area (Å²) in [6.45, 7) is 14.1. The minimum Gasteiger partial charge on any atom is -0.497 e. The maximum atomic E-state index is 13.3. The van der Waals surface area contributed by atoms with Gasteiger partial charge in [-0.15, -0.1) is 0 Å². The number of H-pyrrole nitrogens is 1. The summed E-state index contributed by atoms with van der Waals surface area (Å²) >= 11 is 0. The lowest BCUT2D eigenvalue weighted by molar-refractivity contribution is -0.0401. The fourth-order valence-electron chi connectivity index (χ4n) is 8.54. The molecule has 3 fully saturated rings. The van der Waals surface area contributed by atoms with Gasteiger partial charge in [0.2, 0.25) is 5.56 Å². The highest BCUT2D eigenvalue weighted by Gasteiger charge is 2.66. The van der Waals surface area contributed by atoms with Crippen molar-refractivity contribution in [3.05, 3.63) is 63.6 Å². The Bertz CT molecular complexity index is 1240. The first-order chi connectivity index (χ1) is 18.1. The first-order valence-corrected chi connectivity index (χ1v) is 14.6. The molecule has 6 heteroatoms. The monoisotopic (exact) mass is 519 g/mol. The average Bonchev–Trinajstić information content (AvgIpc) is 3.68. The maximum absolute atomic E-state index is 13.3. The van der Waals surface area contributed by atoms with E-state index in [4.69, 9.17) is 4.74 Å². The summed E-state index contributed by atoms with van der Waals surface area (Å²) in [7, 11) is 1.75. The average molecular weight is 520 g/mol. The number of fused-ring (bicyclic) bond motifs is 1. The number of ether oxygens (including phenoxy) is 1. The van der Waals surface area contributed by atoms with Crippen LogP contribution in [0.25, 0.3) is 0 Å². The molecule has 2 saturated carbocycles. The second-order valence-electron chi connectivity index (χ2n) is 12.5. The van der Waals surface area contributed by atoms with Crippen LogP contribution in [-0.2, 0) is 11.8 Å². The summed E-state index contributed by atoms with van der Waals surface area (Å²) in [4.78, 5) is 30.6. The molecule has 1 aliphatic heterocycles. The summed E-state index contributed by atoms with van der Waals surface area (Å²) in [5, 5.41) is 3.32. The molecule has 2 heterocycles. The molecule has 3 aliphatic rings. The molecule has 2 aromatic rings. The first kappa shape index (κ1) is 27.0. The zero-order chi connectivity index (χ0) is 27.2. The molecule has 6 nitrogen and oxygen atoms in total. The summed E-state index contributed by atoms with van der Waals surface area (Å²) < 4.78 is 5.77. The van der Waals surface area contributed by atoms with Gasteiger partial charge in [0, 0.05) is 30.1 Å². The summed E-state index contributed by atoms with van der Waals surface area (Å²) in [5.41, 5.74) is 2.77. The first-order valence-electron chi connectivity index (χ1n) is 14.6. The Balaban J connectivity index is 1.60. The third kappa shape index (κ3) is 4.39. The van der Waals surface area contributed by atoms with E-state index < -0.39 is 0 Å². The number of carbonyl (C=O) groups is 1. The predicted molar refractivity (Wildman–Crippen MR) is 152 cm³/mol. The van der Waals surface area contributed by atoms with Crippen molar-refractivity contribution in [3.63, 3.8) is 0 Å². The largest absolute Gasteiger partial charge is 0.497 e. The van der Waals surface area contributed by atoms with Crippen molar-refractivity contribution < 1.29 is 9.53 Å². The number of hydrogen-bond donors (Lipinski definition) is 2. The van der Waals surface area contributed by atoms with Gasteiger partial charge >= 0.3 is 0 Å². The Morgan fingerprint density at radius 3 is 2.66 bits per heavy atom. The molecule has 38 heavy (non-hydrogen) atoms. The lowest BCUT2D eigenvalue weighted by Crippen LogP contribution is -2.63. The summed E-state index contributed by atoms with van der Waals surface area (Å²) in [5.74, 6) is 2.21. The van der Waals surface area contributed by atoms with Crippen LogP contribution in [-0.4, -0.2) is 48.1 Å². The van der Waals surface area contributed by atoms with Gasteiger partial charge in [-0.2, -0.15) is 0 Å². The van der Waals surface area contributed by atoms with E-state index in [0.717, 1.165) is 37.5 Å². The van der Waals surface area contributed by atoms with Crippen LogP contribution >= 0.6 is 0 Å². The van der Waals surface area contributed by atoms with Gasteiger partial charge in [-0.1, -0.05) is 32.9 Å². The molecular formula is C32H45N3O3. The van der Waals surface area contributed by atoms with E-state index in [1.807, 2.05) is 0 Å². The number of pyridine rings is 1. The molecular weight excluding hydrogens is 474 g/mol. The van der Waals surface area contributed by atoms with Crippen LogP contribution in [0.1, 0.15) is 81.9 Å². The Morgan fingerprint density at radius 1 is 1.24 bits per heavy atom. The van der Waals surface area contributed by atoms with Crippen LogP contribution < -0.4 is 15.6 Å². The highest BCUT2D eigenvalue weighted by Crippen LogP contribution is 2.67. The van der Waals surface area contributed by atoms with E-state index in [9.17, 15) is 9.59 Å². The third-order valence-corrected chi connectivity index (χ3v) is 10.5. The van der Waals surface area contributed by atoms with Crippen LogP contribution in [0.2, 0.25) is 0 Å². The number of aromatic nitrogens is 1. The number of aryl methyl sites for hydroxylation is 1. The number of carbonyl (C=O) groups excluding carboxylic acids is 1. The van der Waals surface area contributed by atoms with Crippen LogP contribution in [0, 0.1) is 23.2 Å². The van der Waals surface area contributed by atoms with E-state index in [1.165, 1.54) is 36.6 Å². The van der Waals surface area contributed by atoms with Crippen LogP contribution in [0.4, 0.5) is 0 Å². The molecule has 6 atom stereocenters. The third-order valence-electron chi connectivity index (χ3n) is 10.5. The van der Waals surface area contributed by atoms with Gasteiger partial charge < -0.3 is 15.0 Å². The van der Waals surface area contributed by atoms with Crippen LogP contribution in [0.15, 0.2) is 41.2 Å². The van der Waals surface area contributed by atoms with Gasteiger partial charge in [-0.3, -0.25) is 14.5 Å². The SMILES string of the molecule is CCc1ccc(OC)cc1C12CCN(CC3CC3)C(C)C1(C)C[C@H](C)C2C(C)NC(=O)c1cccc(=O)[nH]1. The quantitative estimate of drug-likeness (QED) is 0.505. The number of likely N-dealkylation sites (tertiary alicyclic amines) is 1. The van der Waals surface area contributed by atoms with Crippen molar-refractivity contribution in [2.75, 3.05) is 20.2 Å². The zero-order valence-electron chi connectivity index (χ0n) is 24.0. The van der Waals surface area contributed by atoms with E-state index in [0.29, 0.717) is 17.7 Å². The normalized spacial score (nSPS) is 32.0. The second-order valence-corrected chi connectivity index (χ2v) is 12.5. The maximum Gasteiger partial charge on any atom is 0.268 e. The summed E-state index contributed by atoms with van der Waals surface area (Å²) in [6.07, 6.45) is 5.88. The van der Waals surface area contributed by atoms with Crippen LogP contribution in [0.3, 0.4) is 0 Å². The number of amides is 1. The molecule has 1 saturated heterocycles. The zero-order valence-corrected chi connectivity index (χ0v) is 24.0. The molecule has 5 unspecified atom stereocenters. The van der Waals surface area contributed by atoms with Crippen molar-refractivity contribution in [1.29, 1.82) is 0 Å². The number of rotatable bonds is 8. The number of aromatic amines is 1. The predicted octanol–water partition coefficient (Wildman–Crippen LogP) is 5.17. The van der Waals surface area contributed by atoms with Gasteiger partial charge in [0.25, 0.3) is 5.91 Å². The fraction of sp³-hybridized carbons (Fsp3) is 0.625. The lowest BCUT2D eigenvalue weighted by Gasteiger charge is -2.59. The molecule has 2 N–H and O–H groups in total. The number of nitrogens with zero attached hydrogens (tertiary/aromatic N) is 1. The lowest BCUT2D eigenvalue weighted by atomic mass is 9.51. The highest BCUT2D eigenvalue weighted by atomic mass is 16.5. The van der Waals surface area contributed by atoms with Crippen molar-refractivity contribution in [3.8, 4) is 5.75 Å². The number of methoxy groups -OCH3 is 1. The highest BCUT2D eigenvalue weighted by molar-refractivity contribution is 5.92. The standard InChI is InChI=1S/C32H45N3O3/c1-7-24-13-14-25(38-6)17-26(24)32-15-16-35(19-23-11-12-23)22(4)31(32,5)18-20(2)29(32)21(3)33-30(37)27-9-8-10-28(36)34-27/h8-10,13-14,17,20-23,29H,7,11-12,15-16,18-19H2,1-6H3,(H,33,37)(H,34,36)/t20-,21?,22?,29?,31?,32?/m0/s1.